The minimum Gasteiger partial charge on any atom is -0.480 e. The molecule has 4 heteroatoms. The predicted octanol–water partition coefficient (Wildman–Crippen LogP) is -0.897. The molecule has 0 aliphatic carbocycles. The van der Waals surface area contributed by atoms with E-state index in [0.29, 0.717) is 0 Å². The van der Waals surface area contributed by atoms with Gasteiger partial charge < -0.3 is 10.2 Å². The fraction of sp³-hybridized carbons (Fsp3) is 0.750. The number of aliphatic hydroxyl groups is 1. The van der Waals surface area contributed by atoms with Gasteiger partial charge in [-0.15, -0.1) is 0 Å². The Morgan fingerprint density at radius 2 is 2.12 bits per heavy atom. The Hall–Kier alpha value is -0.610. The van der Waals surface area contributed by atoms with E-state index in [1.54, 1.807) is 0 Å². The first kappa shape index (κ1) is 7.39. The van der Waals surface area contributed by atoms with Crippen molar-refractivity contribution in [1.82, 2.24) is 5.73 Å². The molecule has 0 saturated heterocycles. The van der Waals surface area contributed by atoms with Crippen LogP contribution in [0, 0.1) is 0 Å². The second-order valence-corrected chi connectivity index (χ2v) is 1.56. The number of carboxylic acids is 1. The van der Waals surface area contributed by atoms with Gasteiger partial charge in [-0.25, -0.2) is 5.73 Å². The molecule has 1 radical (unpaired) electrons. The number of aliphatic carboxylic acids is 1. The van der Waals surface area contributed by atoms with E-state index in [9.17, 15) is 4.79 Å². The van der Waals surface area contributed by atoms with Crippen molar-refractivity contribution < 1.29 is 15.0 Å². The van der Waals surface area contributed by atoms with E-state index in [0.717, 1.165) is 0 Å². The minimum absolute atomic E-state index is 1.09. The van der Waals surface area contributed by atoms with E-state index >= 15 is 0 Å². The first-order valence-corrected chi connectivity index (χ1v) is 2.17. The summed E-state index contributed by atoms with van der Waals surface area (Å²) in [7, 11) is 0. The van der Waals surface area contributed by atoms with Crippen LogP contribution in [0.3, 0.4) is 0 Å². The molecule has 0 fully saturated rings. The zero-order chi connectivity index (χ0) is 6.73. The molecule has 0 heterocycles. The third-order valence-corrected chi connectivity index (χ3v) is 0.748. The molecular weight excluding hydrogens is 110 g/mol. The molecule has 0 spiro atoms. The number of hydrogen-bond donors (Lipinski definition) is 2. The van der Waals surface area contributed by atoms with E-state index in [2.05, 4.69) is 0 Å². The summed E-state index contributed by atoms with van der Waals surface area (Å²) in [4.78, 5) is 9.79. The van der Waals surface area contributed by atoms with Crippen molar-refractivity contribution in [3.8, 4) is 0 Å². The Kier molecular flexibility index (Phi) is 2.44. The number of aliphatic hydroxyl groups excluding tert-OH is 1. The number of nitrogens with one attached hydrogen (secondary N) is 1. The molecule has 0 saturated carbocycles. The number of rotatable bonds is 2. The van der Waals surface area contributed by atoms with Crippen LogP contribution in [0.25, 0.3) is 0 Å². The molecule has 0 aromatic carbocycles. The van der Waals surface area contributed by atoms with Crippen LogP contribution in [0.1, 0.15) is 6.92 Å². The summed E-state index contributed by atoms with van der Waals surface area (Å²) < 4.78 is 0. The maximum Gasteiger partial charge on any atom is 0.324 e. The Balaban J connectivity index is 3.64. The van der Waals surface area contributed by atoms with E-state index < -0.39 is 18.1 Å². The average Bonchev–Trinajstić information content (AvgIpc) is 1.64. The lowest BCUT2D eigenvalue weighted by atomic mass is 10.2. The molecule has 3 N–H and O–H groups in total. The van der Waals surface area contributed by atoms with Crippen LogP contribution < -0.4 is 5.73 Å². The zero-order valence-corrected chi connectivity index (χ0v) is 4.46. The smallest absolute Gasteiger partial charge is 0.324 e. The fourth-order valence-electron chi connectivity index (χ4n) is 0.206. The van der Waals surface area contributed by atoms with Crippen LogP contribution in [-0.2, 0) is 4.79 Å². The standard InChI is InChI=1S/C4H8NO3/c1-2(6)3(5)4(7)8/h2-3,5-6H,1H3,(H,7,8)/t2-,3-/m0/s1. The highest BCUT2D eigenvalue weighted by Gasteiger charge is 2.17. The Morgan fingerprint density at radius 3 is 2.12 bits per heavy atom. The van der Waals surface area contributed by atoms with Crippen molar-refractivity contribution in [3.63, 3.8) is 0 Å². The molecule has 0 aromatic rings. The maximum atomic E-state index is 9.79. The zero-order valence-electron chi connectivity index (χ0n) is 4.46. The molecule has 2 atom stereocenters. The molecule has 0 aliphatic heterocycles. The average molecular weight is 118 g/mol. The summed E-state index contributed by atoms with van der Waals surface area (Å²) in [6.45, 7) is 1.27. The van der Waals surface area contributed by atoms with E-state index in [4.69, 9.17) is 15.9 Å². The molecule has 0 amide bonds. The topological polar surface area (TPSA) is 81.3 Å². The summed E-state index contributed by atoms with van der Waals surface area (Å²) >= 11 is 0. The third-order valence-electron chi connectivity index (χ3n) is 0.748. The van der Waals surface area contributed by atoms with Gasteiger partial charge in [0.05, 0.1) is 6.10 Å². The number of carboxylic acid groups (broad SMARTS) is 1. The van der Waals surface area contributed by atoms with Crippen LogP contribution in [0.15, 0.2) is 0 Å². The van der Waals surface area contributed by atoms with E-state index in [1.807, 2.05) is 0 Å². The van der Waals surface area contributed by atoms with Gasteiger partial charge in [-0.3, -0.25) is 4.79 Å². The van der Waals surface area contributed by atoms with Gasteiger partial charge in [0.1, 0.15) is 6.04 Å². The Morgan fingerprint density at radius 1 is 1.75 bits per heavy atom. The second-order valence-electron chi connectivity index (χ2n) is 1.56. The van der Waals surface area contributed by atoms with Gasteiger partial charge >= 0.3 is 5.97 Å². The molecule has 0 aliphatic rings. The summed E-state index contributed by atoms with van der Waals surface area (Å²) in [6, 6.07) is -1.41. The summed E-state index contributed by atoms with van der Waals surface area (Å²) in [6.07, 6.45) is -1.09. The molecule has 0 unspecified atom stereocenters. The van der Waals surface area contributed by atoms with Crippen LogP contribution >= 0.6 is 0 Å². The molecule has 0 bridgehead atoms. The Bertz CT molecular complexity index is 91.3. The molecule has 47 valence electrons. The highest BCUT2D eigenvalue weighted by Crippen LogP contribution is 1.88. The largest absolute Gasteiger partial charge is 0.480 e. The van der Waals surface area contributed by atoms with E-state index in [1.165, 1.54) is 6.92 Å². The third kappa shape index (κ3) is 1.90. The van der Waals surface area contributed by atoms with Gasteiger partial charge in [0.25, 0.3) is 0 Å². The first-order chi connectivity index (χ1) is 3.55. The van der Waals surface area contributed by atoms with Gasteiger partial charge in [-0.1, -0.05) is 0 Å². The molecule has 8 heavy (non-hydrogen) atoms. The van der Waals surface area contributed by atoms with Crippen molar-refractivity contribution in [3.05, 3.63) is 0 Å². The SMILES string of the molecule is C[C@H](O)[C@H]([NH])C(=O)O. The van der Waals surface area contributed by atoms with Crippen LogP contribution in [0.4, 0.5) is 0 Å². The predicted molar refractivity (Wildman–Crippen MR) is 26.2 cm³/mol. The summed E-state index contributed by atoms with van der Waals surface area (Å²) in [5.41, 5.74) is 6.63. The van der Waals surface area contributed by atoms with Gasteiger partial charge in [0.15, 0.2) is 0 Å². The maximum absolute atomic E-state index is 9.79. The van der Waals surface area contributed by atoms with Gasteiger partial charge in [-0.2, -0.15) is 0 Å². The van der Waals surface area contributed by atoms with Crippen LogP contribution in [0.5, 0.6) is 0 Å². The van der Waals surface area contributed by atoms with Gasteiger partial charge in [0.2, 0.25) is 0 Å². The summed E-state index contributed by atoms with van der Waals surface area (Å²) in [5, 5.41) is 16.4. The van der Waals surface area contributed by atoms with Gasteiger partial charge in [-0.05, 0) is 6.92 Å². The lowest BCUT2D eigenvalue weighted by molar-refractivity contribution is -0.141. The lowest BCUT2D eigenvalue weighted by Crippen LogP contribution is -2.32. The molecular formula is C4H8NO3. The summed E-state index contributed by atoms with van der Waals surface area (Å²) in [5.74, 6) is -1.29. The van der Waals surface area contributed by atoms with Crippen LogP contribution in [-0.4, -0.2) is 28.3 Å². The monoisotopic (exact) mass is 118 g/mol. The normalized spacial score (nSPS) is 17.4. The fourth-order valence-corrected chi connectivity index (χ4v) is 0.206. The lowest BCUT2D eigenvalue weighted by Gasteiger charge is -2.05. The minimum atomic E-state index is -1.41. The Labute approximate surface area is 46.9 Å². The number of hydrogen-bond acceptors (Lipinski definition) is 2. The molecule has 0 rings (SSSR count). The molecule has 4 nitrogen and oxygen atoms in total. The van der Waals surface area contributed by atoms with Crippen LogP contribution in [0.2, 0.25) is 0 Å². The van der Waals surface area contributed by atoms with Crippen molar-refractivity contribution in [2.45, 2.75) is 19.1 Å². The quantitative estimate of drug-likeness (QED) is 0.493. The van der Waals surface area contributed by atoms with E-state index in [-0.39, 0.29) is 0 Å². The number of carbonyl (C=O) groups is 1. The second kappa shape index (κ2) is 2.64. The van der Waals surface area contributed by atoms with Crippen molar-refractivity contribution >= 4 is 5.97 Å². The highest BCUT2D eigenvalue weighted by atomic mass is 16.4. The van der Waals surface area contributed by atoms with Crippen molar-refractivity contribution in [2.75, 3.05) is 0 Å². The van der Waals surface area contributed by atoms with Gasteiger partial charge in [0, 0.05) is 0 Å². The highest BCUT2D eigenvalue weighted by molar-refractivity contribution is 5.73. The first-order valence-electron chi connectivity index (χ1n) is 2.17. The molecule has 0 aromatic heterocycles. The van der Waals surface area contributed by atoms with Crippen molar-refractivity contribution in [1.29, 1.82) is 0 Å². The van der Waals surface area contributed by atoms with Crippen molar-refractivity contribution in [2.24, 2.45) is 0 Å².